The van der Waals surface area contributed by atoms with Gasteiger partial charge in [0.2, 0.25) is 11.8 Å². The highest BCUT2D eigenvalue weighted by Crippen LogP contribution is 2.57. The maximum absolute atomic E-state index is 12.6. The SMILES string of the molecule is CC(C)(C)N1C(=O)C2SC(C)(C)C(C)(C)SC2C1=O. The van der Waals surface area contributed by atoms with Crippen molar-refractivity contribution in [2.45, 2.75) is 74.0 Å². The van der Waals surface area contributed by atoms with Crippen molar-refractivity contribution in [3.63, 3.8) is 0 Å². The van der Waals surface area contributed by atoms with Gasteiger partial charge in [-0.15, -0.1) is 23.5 Å². The van der Waals surface area contributed by atoms with Crippen LogP contribution in [0.5, 0.6) is 0 Å². The maximum Gasteiger partial charge on any atom is 0.244 e. The molecular formula is C14H23NO2S2. The average Bonchev–Trinajstić information content (AvgIpc) is 2.39. The number of hydrogen-bond acceptors (Lipinski definition) is 4. The fourth-order valence-electron chi connectivity index (χ4n) is 2.43. The van der Waals surface area contributed by atoms with Gasteiger partial charge in [0.1, 0.15) is 10.5 Å². The highest BCUT2D eigenvalue weighted by Gasteiger charge is 2.60. The van der Waals surface area contributed by atoms with Crippen molar-refractivity contribution in [1.29, 1.82) is 0 Å². The molecule has 2 fully saturated rings. The van der Waals surface area contributed by atoms with Crippen molar-refractivity contribution in [3.05, 3.63) is 0 Å². The average molecular weight is 301 g/mol. The van der Waals surface area contributed by atoms with E-state index in [0.29, 0.717) is 0 Å². The largest absolute Gasteiger partial charge is 0.275 e. The molecule has 2 heterocycles. The van der Waals surface area contributed by atoms with E-state index in [1.807, 2.05) is 20.8 Å². The summed E-state index contributed by atoms with van der Waals surface area (Å²) in [6.45, 7) is 14.4. The first-order valence-electron chi connectivity index (χ1n) is 6.62. The van der Waals surface area contributed by atoms with E-state index in [-0.39, 0.29) is 31.8 Å². The van der Waals surface area contributed by atoms with Crippen LogP contribution in [0.2, 0.25) is 0 Å². The van der Waals surface area contributed by atoms with Crippen LogP contribution in [0, 0.1) is 0 Å². The summed E-state index contributed by atoms with van der Waals surface area (Å²) in [5.74, 6) is -0.0212. The molecule has 2 rings (SSSR count). The number of rotatable bonds is 0. The summed E-state index contributed by atoms with van der Waals surface area (Å²) in [7, 11) is 0. The van der Waals surface area contributed by atoms with E-state index in [2.05, 4.69) is 27.7 Å². The lowest BCUT2D eigenvalue weighted by molar-refractivity contribution is -0.143. The smallest absolute Gasteiger partial charge is 0.244 e. The Bertz CT molecular complexity index is 403. The molecule has 0 aromatic rings. The normalized spacial score (nSPS) is 33.5. The minimum Gasteiger partial charge on any atom is -0.275 e. The van der Waals surface area contributed by atoms with E-state index in [0.717, 1.165) is 0 Å². The topological polar surface area (TPSA) is 37.4 Å². The second-order valence-corrected chi connectivity index (χ2v) is 10.8. The molecular weight excluding hydrogens is 278 g/mol. The van der Waals surface area contributed by atoms with Gasteiger partial charge in [0.05, 0.1) is 0 Å². The van der Waals surface area contributed by atoms with Gasteiger partial charge in [-0.1, -0.05) is 0 Å². The van der Waals surface area contributed by atoms with Crippen LogP contribution in [-0.2, 0) is 9.59 Å². The number of carbonyl (C=O) groups excluding carboxylic acids is 2. The number of amides is 2. The number of likely N-dealkylation sites (tertiary alicyclic amines) is 1. The van der Waals surface area contributed by atoms with E-state index in [1.54, 1.807) is 23.5 Å². The van der Waals surface area contributed by atoms with Crippen molar-refractivity contribution >= 4 is 35.3 Å². The Hall–Kier alpha value is -0.160. The predicted molar refractivity (Wildman–Crippen MR) is 82.5 cm³/mol. The van der Waals surface area contributed by atoms with Crippen molar-refractivity contribution in [3.8, 4) is 0 Å². The number of thioether (sulfide) groups is 2. The third-order valence-corrected chi connectivity index (χ3v) is 8.12. The molecule has 3 nitrogen and oxygen atoms in total. The number of carbonyl (C=O) groups is 2. The van der Waals surface area contributed by atoms with Gasteiger partial charge in [0, 0.05) is 15.0 Å². The van der Waals surface area contributed by atoms with Crippen molar-refractivity contribution in [1.82, 2.24) is 4.90 Å². The Morgan fingerprint density at radius 3 is 1.47 bits per heavy atom. The third kappa shape index (κ3) is 2.23. The molecule has 0 aromatic heterocycles. The summed E-state index contributed by atoms with van der Waals surface area (Å²) in [5.41, 5.74) is -0.430. The molecule has 0 spiro atoms. The van der Waals surface area contributed by atoms with Crippen LogP contribution in [0.3, 0.4) is 0 Å². The van der Waals surface area contributed by atoms with Crippen LogP contribution in [0.4, 0.5) is 0 Å². The summed E-state index contributed by atoms with van der Waals surface area (Å²) in [6, 6.07) is 0. The van der Waals surface area contributed by atoms with E-state index in [4.69, 9.17) is 0 Å². The van der Waals surface area contributed by atoms with Gasteiger partial charge in [-0.05, 0) is 48.5 Å². The number of nitrogens with zero attached hydrogens (tertiary/aromatic N) is 1. The zero-order chi connectivity index (χ0) is 14.8. The van der Waals surface area contributed by atoms with E-state index >= 15 is 0 Å². The lowest BCUT2D eigenvalue weighted by Gasteiger charge is -2.47. The zero-order valence-electron chi connectivity index (χ0n) is 12.7. The summed E-state index contributed by atoms with van der Waals surface area (Å²) in [6.07, 6.45) is 0. The minimum absolute atomic E-state index is 0.0106. The Morgan fingerprint density at radius 2 is 1.21 bits per heavy atom. The maximum atomic E-state index is 12.6. The molecule has 108 valence electrons. The fraction of sp³-hybridized carbons (Fsp3) is 0.857. The fourth-order valence-corrected chi connectivity index (χ4v) is 5.78. The van der Waals surface area contributed by atoms with Crippen LogP contribution in [0.15, 0.2) is 0 Å². The van der Waals surface area contributed by atoms with Gasteiger partial charge in [0.15, 0.2) is 0 Å². The second kappa shape index (κ2) is 4.17. The first kappa shape index (κ1) is 15.2. The highest BCUT2D eigenvalue weighted by atomic mass is 32.2. The van der Waals surface area contributed by atoms with Gasteiger partial charge in [-0.2, -0.15) is 0 Å². The van der Waals surface area contributed by atoms with Crippen molar-refractivity contribution in [2.75, 3.05) is 0 Å². The number of fused-ring (bicyclic) bond motifs is 1. The standard InChI is InChI=1S/C14H23NO2S2/c1-12(2,3)15-10(16)8-9(11(15)17)19-14(6,7)13(4,5)18-8/h8-9H,1-7H3. The Balaban J connectivity index is 2.38. The van der Waals surface area contributed by atoms with Crippen LogP contribution in [0.25, 0.3) is 0 Å². The monoisotopic (exact) mass is 301 g/mol. The lowest BCUT2D eigenvalue weighted by atomic mass is 9.98. The Labute approximate surface area is 124 Å². The summed E-state index contributed by atoms with van der Waals surface area (Å²) < 4.78 is -0.0503. The second-order valence-electron chi connectivity index (χ2n) is 7.28. The minimum atomic E-state index is -0.430. The molecule has 5 heteroatoms. The van der Waals surface area contributed by atoms with Gasteiger partial charge < -0.3 is 0 Å². The molecule has 19 heavy (non-hydrogen) atoms. The van der Waals surface area contributed by atoms with Gasteiger partial charge >= 0.3 is 0 Å². The lowest BCUT2D eigenvalue weighted by Crippen LogP contribution is -2.49. The predicted octanol–water partition coefficient (Wildman–Crippen LogP) is 2.93. The van der Waals surface area contributed by atoms with Crippen LogP contribution >= 0.6 is 23.5 Å². The molecule has 2 aliphatic heterocycles. The van der Waals surface area contributed by atoms with Crippen LogP contribution < -0.4 is 0 Å². The number of imide groups is 1. The quantitative estimate of drug-likeness (QED) is 0.645. The molecule has 0 N–H and O–H groups in total. The molecule has 0 aromatic carbocycles. The molecule has 2 aliphatic rings. The van der Waals surface area contributed by atoms with Gasteiger partial charge in [-0.3, -0.25) is 14.5 Å². The summed E-state index contributed by atoms with van der Waals surface area (Å²) >= 11 is 3.33. The van der Waals surface area contributed by atoms with E-state index in [1.165, 1.54) is 4.90 Å². The highest BCUT2D eigenvalue weighted by molar-refractivity contribution is 8.09. The van der Waals surface area contributed by atoms with E-state index < -0.39 is 5.54 Å². The zero-order valence-corrected chi connectivity index (χ0v) is 14.4. The first-order valence-corrected chi connectivity index (χ1v) is 8.38. The molecule has 2 atom stereocenters. The molecule has 0 aliphatic carbocycles. The molecule has 2 saturated heterocycles. The first-order chi connectivity index (χ1) is 8.38. The molecule has 0 saturated carbocycles. The molecule has 2 unspecified atom stereocenters. The van der Waals surface area contributed by atoms with Crippen LogP contribution in [-0.4, -0.2) is 42.2 Å². The van der Waals surface area contributed by atoms with Crippen molar-refractivity contribution in [2.24, 2.45) is 0 Å². The molecule has 0 radical (unpaired) electrons. The van der Waals surface area contributed by atoms with E-state index in [9.17, 15) is 9.59 Å². The Kier molecular flexibility index (Phi) is 3.34. The van der Waals surface area contributed by atoms with Crippen molar-refractivity contribution < 1.29 is 9.59 Å². The van der Waals surface area contributed by atoms with Gasteiger partial charge in [-0.25, -0.2) is 0 Å². The number of hydrogen-bond donors (Lipinski definition) is 0. The summed E-state index contributed by atoms with van der Waals surface area (Å²) in [5, 5.41) is -0.445. The van der Waals surface area contributed by atoms with Gasteiger partial charge in [0.25, 0.3) is 0 Å². The molecule has 0 bridgehead atoms. The Morgan fingerprint density at radius 1 is 0.895 bits per heavy atom. The van der Waals surface area contributed by atoms with Crippen LogP contribution in [0.1, 0.15) is 48.5 Å². The molecule has 2 amide bonds. The third-order valence-electron chi connectivity index (χ3n) is 4.17. The summed E-state index contributed by atoms with van der Waals surface area (Å²) in [4.78, 5) is 26.6.